The second kappa shape index (κ2) is 15.4. The molecule has 58 heavy (non-hydrogen) atoms. The number of nitrogens with zero attached hydrogens (tertiary/aromatic N) is 2. The molecule has 0 saturated heterocycles. The molecule has 0 N–H and O–H groups in total. The molecule has 2 aromatic heterocycles. The van der Waals surface area contributed by atoms with Crippen LogP contribution in [-0.4, -0.2) is 9.97 Å². The summed E-state index contributed by atoms with van der Waals surface area (Å²) < 4.78 is 0. The van der Waals surface area contributed by atoms with Crippen molar-refractivity contribution < 1.29 is 20.1 Å². The van der Waals surface area contributed by atoms with E-state index in [1.165, 1.54) is 76.5 Å². The third kappa shape index (κ3) is 7.06. The average Bonchev–Trinajstić information content (AvgIpc) is 3.45. The zero-order valence-electron chi connectivity index (χ0n) is 34.4. The van der Waals surface area contributed by atoms with Crippen molar-refractivity contribution in [1.29, 1.82) is 0 Å². The van der Waals surface area contributed by atoms with Gasteiger partial charge in [-0.3, -0.25) is 0 Å². The molecule has 9 aromatic rings. The van der Waals surface area contributed by atoms with Gasteiger partial charge in [-0.25, -0.2) is 0 Å². The second-order valence-electron chi connectivity index (χ2n) is 17.6. The van der Waals surface area contributed by atoms with Gasteiger partial charge in [0.15, 0.2) is 0 Å². The van der Waals surface area contributed by atoms with Crippen LogP contribution in [0.25, 0.3) is 76.7 Å². The first-order valence-corrected chi connectivity index (χ1v) is 20.2. The minimum Gasteiger partial charge on any atom is -0.305 e. The fraction of sp³-hybridized carbons (Fsp3) is 0.200. The number of hydrogen-bond donors (Lipinski definition) is 0. The first-order valence-electron chi connectivity index (χ1n) is 20.2. The monoisotopic (exact) mass is 929 g/mol. The summed E-state index contributed by atoms with van der Waals surface area (Å²) in [5.41, 5.74) is 12.3. The molecule has 289 valence electrons. The van der Waals surface area contributed by atoms with Crippen molar-refractivity contribution in [1.82, 2.24) is 9.97 Å². The van der Waals surface area contributed by atoms with Crippen LogP contribution >= 0.6 is 0 Å². The van der Waals surface area contributed by atoms with E-state index < -0.39 is 0 Å². The van der Waals surface area contributed by atoms with Gasteiger partial charge in [0.1, 0.15) is 0 Å². The zero-order chi connectivity index (χ0) is 39.5. The molecule has 2 heterocycles. The van der Waals surface area contributed by atoms with Crippen LogP contribution in [0.4, 0.5) is 0 Å². The van der Waals surface area contributed by atoms with Crippen molar-refractivity contribution in [3.05, 3.63) is 180 Å². The second-order valence-corrected chi connectivity index (χ2v) is 17.6. The largest absolute Gasteiger partial charge is 0.305 e. The number of benzene rings is 7. The fourth-order valence-electron chi connectivity index (χ4n) is 8.86. The van der Waals surface area contributed by atoms with E-state index in [0.717, 1.165) is 28.9 Å². The maximum absolute atomic E-state index is 4.88. The van der Waals surface area contributed by atoms with Crippen LogP contribution in [0, 0.1) is 18.1 Å². The van der Waals surface area contributed by atoms with Crippen LogP contribution in [0.15, 0.2) is 146 Å². The standard InChI is InChI=1S/C36H30N.C19H18N.Ir/c1-22(2)19-23-9-12-26-24(20-23)10-13-28-27(26)15-16-32-29(28)17-18-37-35(32)25-11-14-31-30-7-5-6-8-33(30)36(3,4)34(31)21-25;1-19(2,3)15-11-12-20-18(13-15)17-10-6-8-14-7-4-5-9-16(14)17;/h5-10,12-18,20-22H,19H2,1-4H3;4-9,11-13H,1-3H3;/q2*-1;. The molecule has 0 amide bonds. The van der Waals surface area contributed by atoms with Gasteiger partial charge in [0.2, 0.25) is 0 Å². The van der Waals surface area contributed by atoms with Gasteiger partial charge >= 0.3 is 0 Å². The Bertz CT molecular complexity index is 2980. The summed E-state index contributed by atoms with van der Waals surface area (Å²) in [7, 11) is 0. The summed E-state index contributed by atoms with van der Waals surface area (Å²) in [5.74, 6) is 0.656. The molecular formula is C55H48IrN2-2. The van der Waals surface area contributed by atoms with Gasteiger partial charge in [-0.05, 0) is 95.7 Å². The van der Waals surface area contributed by atoms with Gasteiger partial charge in [-0.15, -0.1) is 58.5 Å². The van der Waals surface area contributed by atoms with E-state index >= 15 is 0 Å². The van der Waals surface area contributed by atoms with Crippen LogP contribution in [0.3, 0.4) is 0 Å². The zero-order valence-corrected chi connectivity index (χ0v) is 36.8. The predicted octanol–water partition coefficient (Wildman–Crippen LogP) is 14.5. The molecule has 0 unspecified atom stereocenters. The molecule has 0 saturated carbocycles. The Morgan fingerprint density at radius 1 is 0.603 bits per heavy atom. The quantitative estimate of drug-likeness (QED) is 0.130. The molecule has 0 bridgehead atoms. The van der Waals surface area contributed by atoms with Gasteiger partial charge in [-0.2, -0.15) is 0 Å². The number of hydrogen-bond acceptors (Lipinski definition) is 2. The first-order chi connectivity index (χ1) is 27.5. The Hall–Kier alpha value is -5.47. The summed E-state index contributed by atoms with van der Waals surface area (Å²) in [6.07, 6.45) is 4.96. The number of fused-ring (bicyclic) bond motifs is 9. The molecule has 7 aromatic carbocycles. The van der Waals surface area contributed by atoms with Crippen molar-refractivity contribution in [2.75, 3.05) is 0 Å². The van der Waals surface area contributed by atoms with E-state index in [9.17, 15) is 0 Å². The minimum atomic E-state index is -0.0413. The molecule has 0 spiro atoms. The SMILES string of the molecule is CC(C)(C)c1ccnc(-c2[c-]ccc3ccccc23)c1.CC(C)Cc1ccc2c(ccc3c4ccnc(-c5[c-]cc6c(c5)C(C)(C)c5ccccc5-6)c4ccc23)c1.[Ir]. The minimum absolute atomic E-state index is 0. The average molecular weight is 929 g/mol. The van der Waals surface area contributed by atoms with Crippen molar-refractivity contribution in [3.8, 4) is 33.6 Å². The molecule has 2 nitrogen and oxygen atoms in total. The summed E-state index contributed by atoms with van der Waals surface area (Å²) in [4.78, 5) is 9.42. The van der Waals surface area contributed by atoms with Gasteiger partial charge < -0.3 is 9.97 Å². The van der Waals surface area contributed by atoms with Crippen molar-refractivity contribution >= 4 is 43.1 Å². The Morgan fingerprint density at radius 3 is 2.14 bits per heavy atom. The van der Waals surface area contributed by atoms with E-state index in [2.05, 4.69) is 193 Å². The Morgan fingerprint density at radius 2 is 1.31 bits per heavy atom. The molecule has 1 radical (unpaired) electrons. The van der Waals surface area contributed by atoms with Crippen LogP contribution in [0.2, 0.25) is 0 Å². The van der Waals surface area contributed by atoms with Crippen molar-refractivity contribution in [2.24, 2.45) is 5.92 Å². The normalized spacial score (nSPS) is 13.0. The third-order valence-electron chi connectivity index (χ3n) is 11.8. The molecule has 10 rings (SSSR count). The Kier molecular flexibility index (Phi) is 10.4. The molecule has 3 heteroatoms. The summed E-state index contributed by atoms with van der Waals surface area (Å²) in [5, 5.41) is 10.0. The molecule has 0 fully saturated rings. The van der Waals surface area contributed by atoms with E-state index in [1.54, 1.807) is 0 Å². The van der Waals surface area contributed by atoms with Crippen molar-refractivity contribution in [3.63, 3.8) is 0 Å². The Labute approximate surface area is 356 Å². The number of aromatic nitrogens is 2. The molecular weight excluding hydrogens is 881 g/mol. The van der Waals surface area contributed by atoms with Crippen molar-refractivity contribution in [2.45, 2.75) is 65.7 Å². The summed E-state index contributed by atoms with van der Waals surface area (Å²) >= 11 is 0. The summed E-state index contributed by atoms with van der Waals surface area (Å²) in [6.45, 7) is 15.9. The fourth-order valence-corrected chi connectivity index (χ4v) is 8.86. The molecule has 0 aliphatic heterocycles. The first kappa shape index (κ1) is 39.4. The van der Waals surface area contributed by atoms with E-state index in [4.69, 9.17) is 4.98 Å². The molecule has 1 aliphatic rings. The number of pyridine rings is 2. The molecule has 1 aliphatic carbocycles. The van der Waals surface area contributed by atoms with E-state index in [1.807, 2.05) is 18.5 Å². The van der Waals surface area contributed by atoms with Gasteiger partial charge in [0, 0.05) is 32.5 Å². The Balaban J connectivity index is 0.000000190. The predicted molar refractivity (Wildman–Crippen MR) is 242 cm³/mol. The van der Waals surface area contributed by atoms with Crippen LogP contribution in [0.1, 0.15) is 70.7 Å². The smallest absolute Gasteiger partial charge is 0.0167 e. The van der Waals surface area contributed by atoms with Gasteiger partial charge in [0.25, 0.3) is 0 Å². The summed E-state index contributed by atoms with van der Waals surface area (Å²) in [6, 6.07) is 55.1. The van der Waals surface area contributed by atoms with E-state index in [-0.39, 0.29) is 30.9 Å². The third-order valence-corrected chi connectivity index (χ3v) is 11.8. The van der Waals surface area contributed by atoms with E-state index in [0.29, 0.717) is 5.92 Å². The molecule has 0 atom stereocenters. The van der Waals surface area contributed by atoms with Crippen LogP contribution in [-0.2, 0) is 37.4 Å². The maximum atomic E-state index is 4.88. The van der Waals surface area contributed by atoms with Crippen LogP contribution in [0.5, 0.6) is 0 Å². The topological polar surface area (TPSA) is 25.8 Å². The van der Waals surface area contributed by atoms with Gasteiger partial charge in [0.05, 0.1) is 0 Å². The number of rotatable bonds is 4. The van der Waals surface area contributed by atoms with Gasteiger partial charge in [-0.1, -0.05) is 162 Å². The van der Waals surface area contributed by atoms with Crippen LogP contribution < -0.4 is 0 Å². The maximum Gasteiger partial charge on any atom is 0.0167 e.